The molecule has 2 fully saturated rings. The van der Waals surface area contributed by atoms with E-state index in [-0.39, 0.29) is 18.2 Å². The second-order valence-corrected chi connectivity index (χ2v) is 9.36. The van der Waals surface area contributed by atoms with Crippen molar-refractivity contribution in [3.8, 4) is 0 Å². The fourth-order valence-electron chi connectivity index (χ4n) is 4.93. The average molecular weight is 488 g/mol. The zero-order chi connectivity index (χ0) is 25.4. The Morgan fingerprint density at radius 1 is 1.00 bits per heavy atom. The Morgan fingerprint density at radius 3 is 2.31 bits per heavy atom. The SMILES string of the molecule is NCCCCC(N)C(=O)NC(Cc1ccccc1)C(=O)N1CCCC1C(=O)N1CCCC1C(=O)O. The van der Waals surface area contributed by atoms with Gasteiger partial charge in [0.05, 0.1) is 6.04 Å². The first-order chi connectivity index (χ1) is 16.8. The molecule has 0 aliphatic carbocycles. The molecule has 0 spiro atoms. The van der Waals surface area contributed by atoms with E-state index in [1.54, 1.807) is 0 Å². The summed E-state index contributed by atoms with van der Waals surface area (Å²) in [6.45, 7) is 1.27. The van der Waals surface area contributed by atoms with E-state index in [9.17, 15) is 24.3 Å². The quantitative estimate of drug-likeness (QED) is 0.325. The number of likely N-dealkylation sites (tertiary alicyclic amines) is 2. The van der Waals surface area contributed by atoms with E-state index in [2.05, 4.69) is 5.32 Å². The lowest BCUT2D eigenvalue weighted by molar-refractivity contribution is -0.152. The van der Waals surface area contributed by atoms with Crippen LogP contribution in [-0.2, 0) is 25.6 Å². The zero-order valence-corrected chi connectivity index (χ0v) is 20.1. The number of nitrogens with one attached hydrogen (secondary N) is 1. The van der Waals surface area contributed by atoms with Gasteiger partial charge >= 0.3 is 5.97 Å². The highest BCUT2D eigenvalue weighted by atomic mass is 16.4. The van der Waals surface area contributed by atoms with Gasteiger partial charge < -0.3 is 31.7 Å². The van der Waals surface area contributed by atoms with Crippen molar-refractivity contribution < 1.29 is 24.3 Å². The molecule has 35 heavy (non-hydrogen) atoms. The number of amides is 3. The number of nitrogens with two attached hydrogens (primary N) is 2. The van der Waals surface area contributed by atoms with Crippen LogP contribution >= 0.6 is 0 Å². The monoisotopic (exact) mass is 487 g/mol. The number of hydrogen-bond acceptors (Lipinski definition) is 6. The molecule has 2 heterocycles. The normalized spacial score (nSPS) is 21.5. The molecule has 0 bridgehead atoms. The fraction of sp³-hybridized carbons (Fsp3) is 0.600. The predicted octanol–water partition coefficient (Wildman–Crippen LogP) is 0.237. The van der Waals surface area contributed by atoms with Crippen molar-refractivity contribution in [3.63, 3.8) is 0 Å². The molecular formula is C25H37N5O5. The summed E-state index contributed by atoms with van der Waals surface area (Å²) in [4.78, 5) is 54.3. The lowest BCUT2D eigenvalue weighted by atomic mass is 10.0. The minimum atomic E-state index is -1.02. The van der Waals surface area contributed by atoms with Crippen LogP contribution in [0.1, 0.15) is 50.5 Å². The number of nitrogens with zero attached hydrogens (tertiary/aromatic N) is 2. The molecule has 6 N–H and O–H groups in total. The maximum Gasteiger partial charge on any atom is 0.326 e. The lowest BCUT2D eigenvalue weighted by Crippen LogP contribution is -2.57. The number of unbranched alkanes of at least 4 members (excludes halogenated alkanes) is 1. The summed E-state index contributed by atoms with van der Waals surface area (Å²) in [6.07, 6.45) is 4.35. The highest BCUT2D eigenvalue weighted by Crippen LogP contribution is 2.26. The van der Waals surface area contributed by atoms with E-state index in [1.807, 2.05) is 30.3 Å². The first-order valence-corrected chi connectivity index (χ1v) is 12.5. The molecule has 3 amide bonds. The van der Waals surface area contributed by atoms with Crippen LogP contribution in [0.3, 0.4) is 0 Å². The number of carboxylic acids is 1. The van der Waals surface area contributed by atoms with Crippen LogP contribution in [0.4, 0.5) is 0 Å². The van der Waals surface area contributed by atoms with Gasteiger partial charge in [0, 0.05) is 19.5 Å². The summed E-state index contributed by atoms with van der Waals surface area (Å²) < 4.78 is 0. The van der Waals surface area contributed by atoms with Crippen molar-refractivity contribution >= 4 is 23.7 Å². The Kier molecular flexibility index (Phi) is 9.62. The molecule has 2 aliphatic rings. The first-order valence-electron chi connectivity index (χ1n) is 12.5. The topological polar surface area (TPSA) is 159 Å². The Hall–Kier alpha value is -2.98. The molecule has 1 aromatic carbocycles. The summed E-state index contributed by atoms with van der Waals surface area (Å²) in [5.74, 6) is -2.12. The van der Waals surface area contributed by atoms with Gasteiger partial charge in [0.25, 0.3) is 0 Å². The van der Waals surface area contributed by atoms with Crippen molar-refractivity contribution in [2.24, 2.45) is 11.5 Å². The summed E-state index contributed by atoms with van der Waals surface area (Å²) in [5, 5.41) is 12.3. The second kappa shape index (κ2) is 12.6. The number of carbonyl (C=O) groups excluding carboxylic acids is 3. The summed E-state index contributed by atoms with van der Waals surface area (Å²) in [6, 6.07) is 6.12. The van der Waals surface area contributed by atoms with E-state index >= 15 is 0 Å². The van der Waals surface area contributed by atoms with Gasteiger partial charge in [0.15, 0.2) is 0 Å². The average Bonchev–Trinajstić information content (AvgIpc) is 3.53. The van der Waals surface area contributed by atoms with E-state index in [0.29, 0.717) is 58.2 Å². The summed E-state index contributed by atoms with van der Waals surface area (Å²) in [5.41, 5.74) is 12.5. The third kappa shape index (κ3) is 6.79. The number of carboxylic acid groups (broad SMARTS) is 1. The Balaban J connectivity index is 1.75. The molecule has 0 radical (unpaired) electrons. The summed E-state index contributed by atoms with van der Waals surface area (Å²) >= 11 is 0. The number of benzene rings is 1. The van der Waals surface area contributed by atoms with Gasteiger partial charge in [-0.2, -0.15) is 0 Å². The summed E-state index contributed by atoms with van der Waals surface area (Å²) in [7, 11) is 0. The standard InChI is InChI=1S/C25H37N5O5/c26-13-5-4-10-18(27)22(31)28-19(16-17-8-2-1-3-9-17)23(32)29-14-6-11-20(29)24(33)30-15-7-12-21(30)25(34)35/h1-3,8-9,18-21H,4-7,10-16,26-27H2,(H,28,31)(H,34,35). The largest absolute Gasteiger partial charge is 0.480 e. The molecule has 4 atom stereocenters. The van der Waals surface area contributed by atoms with Crippen LogP contribution in [0.15, 0.2) is 30.3 Å². The third-order valence-corrected chi connectivity index (χ3v) is 6.85. The minimum absolute atomic E-state index is 0.264. The van der Waals surface area contributed by atoms with Crippen LogP contribution in [0.2, 0.25) is 0 Å². The fourth-order valence-corrected chi connectivity index (χ4v) is 4.93. The third-order valence-electron chi connectivity index (χ3n) is 6.85. The zero-order valence-electron chi connectivity index (χ0n) is 20.1. The Bertz CT molecular complexity index is 895. The highest BCUT2D eigenvalue weighted by Gasteiger charge is 2.43. The molecular weight excluding hydrogens is 450 g/mol. The molecule has 10 nitrogen and oxygen atoms in total. The molecule has 0 saturated carbocycles. The van der Waals surface area contributed by atoms with Crippen LogP contribution in [0.25, 0.3) is 0 Å². The number of hydrogen-bond donors (Lipinski definition) is 4. The highest BCUT2D eigenvalue weighted by molar-refractivity contribution is 5.94. The number of rotatable bonds is 11. The molecule has 10 heteroatoms. The van der Waals surface area contributed by atoms with Gasteiger partial charge in [-0.15, -0.1) is 0 Å². The maximum atomic E-state index is 13.7. The molecule has 4 unspecified atom stereocenters. The predicted molar refractivity (Wildman–Crippen MR) is 130 cm³/mol. The molecule has 192 valence electrons. The molecule has 3 rings (SSSR count). The van der Waals surface area contributed by atoms with Gasteiger partial charge in [-0.05, 0) is 50.6 Å². The van der Waals surface area contributed by atoms with Crippen molar-refractivity contribution in [1.82, 2.24) is 15.1 Å². The van der Waals surface area contributed by atoms with Crippen molar-refractivity contribution in [1.29, 1.82) is 0 Å². The van der Waals surface area contributed by atoms with E-state index in [1.165, 1.54) is 9.80 Å². The van der Waals surface area contributed by atoms with E-state index in [4.69, 9.17) is 11.5 Å². The van der Waals surface area contributed by atoms with Crippen molar-refractivity contribution in [2.75, 3.05) is 19.6 Å². The van der Waals surface area contributed by atoms with Crippen molar-refractivity contribution in [3.05, 3.63) is 35.9 Å². The van der Waals surface area contributed by atoms with Crippen LogP contribution < -0.4 is 16.8 Å². The van der Waals surface area contributed by atoms with Gasteiger partial charge in [-0.1, -0.05) is 36.8 Å². The lowest BCUT2D eigenvalue weighted by Gasteiger charge is -2.32. The van der Waals surface area contributed by atoms with Crippen LogP contribution in [0, 0.1) is 0 Å². The molecule has 0 aromatic heterocycles. The maximum absolute atomic E-state index is 13.7. The Morgan fingerprint density at radius 2 is 1.66 bits per heavy atom. The van der Waals surface area contributed by atoms with Gasteiger partial charge in [-0.3, -0.25) is 14.4 Å². The van der Waals surface area contributed by atoms with Crippen molar-refractivity contribution in [2.45, 2.75) is 75.5 Å². The number of carbonyl (C=O) groups is 4. The van der Waals surface area contributed by atoms with E-state index < -0.39 is 36.0 Å². The minimum Gasteiger partial charge on any atom is -0.480 e. The first kappa shape index (κ1) is 26.6. The van der Waals surface area contributed by atoms with E-state index in [0.717, 1.165) is 12.0 Å². The second-order valence-electron chi connectivity index (χ2n) is 9.36. The van der Waals surface area contributed by atoms with Gasteiger partial charge in [0.1, 0.15) is 18.1 Å². The van der Waals surface area contributed by atoms with Crippen LogP contribution in [-0.4, -0.2) is 82.4 Å². The van der Waals surface area contributed by atoms with Crippen LogP contribution in [0.5, 0.6) is 0 Å². The van der Waals surface area contributed by atoms with Gasteiger partial charge in [-0.25, -0.2) is 4.79 Å². The molecule has 2 aliphatic heterocycles. The molecule has 1 aromatic rings. The number of aliphatic carboxylic acids is 1. The van der Waals surface area contributed by atoms with Gasteiger partial charge in [0.2, 0.25) is 17.7 Å². The Labute approximate surface area is 206 Å². The molecule has 2 saturated heterocycles. The smallest absolute Gasteiger partial charge is 0.326 e.